The minimum Gasteiger partial charge on any atom is -0.387 e. The van der Waals surface area contributed by atoms with Gasteiger partial charge in [-0.1, -0.05) is 30.1 Å². The molecule has 2 nitrogen and oxygen atoms in total. The number of halogens is 2. The Morgan fingerprint density at radius 2 is 2.11 bits per heavy atom. The first-order chi connectivity index (χ1) is 8.58. The van der Waals surface area contributed by atoms with Crippen molar-refractivity contribution >= 4 is 35.0 Å². The van der Waals surface area contributed by atoms with Crippen molar-refractivity contribution in [3.63, 3.8) is 0 Å². The molecule has 1 aromatic carbocycles. The highest BCUT2D eigenvalue weighted by Gasteiger charge is 2.14. The number of rotatable bonds is 7. The van der Waals surface area contributed by atoms with Crippen LogP contribution in [0.5, 0.6) is 0 Å². The number of aliphatic hydroxyl groups excluding tert-OH is 1. The Kier molecular flexibility index (Phi) is 7.42. The topological polar surface area (TPSA) is 32.3 Å². The summed E-state index contributed by atoms with van der Waals surface area (Å²) in [5.41, 5.74) is 0.677. The van der Waals surface area contributed by atoms with Crippen LogP contribution in [0.25, 0.3) is 0 Å². The molecule has 1 aromatic rings. The minimum atomic E-state index is -0.632. The van der Waals surface area contributed by atoms with Crippen LogP contribution in [0, 0.1) is 0 Å². The van der Waals surface area contributed by atoms with E-state index in [4.69, 9.17) is 23.2 Å². The first-order valence-electron chi connectivity index (χ1n) is 5.93. The lowest BCUT2D eigenvalue weighted by Gasteiger charge is -2.19. The third kappa shape index (κ3) is 4.98. The van der Waals surface area contributed by atoms with Crippen molar-refractivity contribution in [3.05, 3.63) is 33.8 Å². The summed E-state index contributed by atoms with van der Waals surface area (Å²) < 4.78 is 0. The van der Waals surface area contributed by atoms with Crippen LogP contribution in [0.3, 0.4) is 0 Å². The molecule has 2 unspecified atom stereocenters. The van der Waals surface area contributed by atoms with Crippen molar-refractivity contribution in [1.29, 1.82) is 0 Å². The second kappa shape index (κ2) is 8.28. The summed E-state index contributed by atoms with van der Waals surface area (Å²) in [6.07, 6.45) is 2.48. The van der Waals surface area contributed by atoms with E-state index in [1.54, 1.807) is 30.0 Å². The summed E-state index contributed by atoms with van der Waals surface area (Å²) in [4.78, 5) is 0. The van der Waals surface area contributed by atoms with Crippen molar-refractivity contribution in [2.45, 2.75) is 25.5 Å². The van der Waals surface area contributed by atoms with Crippen molar-refractivity contribution in [2.24, 2.45) is 0 Å². The zero-order valence-electron chi connectivity index (χ0n) is 10.6. The lowest BCUT2D eigenvalue weighted by atomic mass is 10.1. The molecule has 0 aliphatic heterocycles. The number of nitrogens with one attached hydrogen (secondary N) is 1. The molecule has 102 valence electrons. The van der Waals surface area contributed by atoms with Gasteiger partial charge in [-0.15, -0.1) is 0 Å². The maximum absolute atomic E-state index is 10.1. The molecule has 0 spiro atoms. The standard InChI is InChI=1S/C13H19Cl2NOS/c1-3-10(8-18-2)16-7-13(17)11-6-9(14)4-5-12(11)15/h4-6,10,13,16-17H,3,7-8H2,1-2H3. The van der Waals surface area contributed by atoms with E-state index in [0.29, 0.717) is 28.2 Å². The molecule has 18 heavy (non-hydrogen) atoms. The fraction of sp³-hybridized carbons (Fsp3) is 0.538. The highest BCUT2D eigenvalue weighted by Crippen LogP contribution is 2.26. The maximum Gasteiger partial charge on any atom is 0.0929 e. The van der Waals surface area contributed by atoms with Gasteiger partial charge in [-0.3, -0.25) is 0 Å². The summed E-state index contributed by atoms with van der Waals surface area (Å²) in [7, 11) is 0. The first-order valence-corrected chi connectivity index (χ1v) is 8.08. The Morgan fingerprint density at radius 1 is 1.39 bits per heavy atom. The average molecular weight is 308 g/mol. The highest BCUT2D eigenvalue weighted by atomic mass is 35.5. The van der Waals surface area contributed by atoms with Crippen LogP contribution < -0.4 is 5.32 Å². The zero-order valence-corrected chi connectivity index (χ0v) is 12.9. The molecule has 0 radical (unpaired) electrons. The van der Waals surface area contributed by atoms with Gasteiger partial charge in [-0.2, -0.15) is 11.8 Å². The summed E-state index contributed by atoms with van der Waals surface area (Å²) in [5, 5.41) is 14.6. The average Bonchev–Trinajstić information content (AvgIpc) is 2.37. The summed E-state index contributed by atoms with van der Waals surface area (Å²) in [6, 6.07) is 5.55. The van der Waals surface area contributed by atoms with E-state index in [1.165, 1.54) is 0 Å². The Hall–Kier alpha value is 0.0700. The number of thioether (sulfide) groups is 1. The fourth-order valence-corrected chi connectivity index (χ4v) is 2.86. The summed E-state index contributed by atoms with van der Waals surface area (Å²) in [5.74, 6) is 1.03. The lowest BCUT2D eigenvalue weighted by Crippen LogP contribution is -2.34. The number of aliphatic hydroxyl groups is 1. The molecule has 0 bridgehead atoms. The van der Waals surface area contributed by atoms with Crippen molar-refractivity contribution < 1.29 is 5.11 Å². The van der Waals surface area contributed by atoms with Gasteiger partial charge in [0.2, 0.25) is 0 Å². The van der Waals surface area contributed by atoms with Crippen LogP contribution in [0.4, 0.5) is 0 Å². The SMILES string of the molecule is CCC(CSC)NCC(O)c1cc(Cl)ccc1Cl. The molecule has 0 fully saturated rings. The third-order valence-electron chi connectivity index (χ3n) is 2.78. The molecule has 2 N–H and O–H groups in total. The van der Waals surface area contributed by atoms with Gasteiger partial charge in [-0.05, 0) is 30.9 Å². The van der Waals surface area contributed by atoms with Gasteiger partial charge < -0.3 is 10.4 Å². The van der Waals surface area contributed by atoms with Crippen molar-refractivity contribution in [1.82, 2.24) is 5.32 Å². The molecule has 5 heteroatoms. The van der Waals surface area contributed by atoms with E-state index in [2.05, 4.69) is 18.5 Å². The van der Waals surface area contributed by atoms with Gasteiger partial charge in [0.1, 0.15) is 0 Å². The number of hydrogen-bond donors (Lipinski definition) is 2. The molecule has 0 aromatic heterocycles. The van der Waals surface area contributed by atoms with E-state index in [0.717, 1.165) is 12.2 Å². The van der Waals surface area contributed by atoms with Crippen molar-refractivity contribution in [3.8, 4) is 0 Å². The number of benzene rings is 1. The Labute approximate surface area is 123 Å². The maximum atomic E-state index is 10.1. The van der Waals surface area contributed by atoms with Crippen LogP contribution in [-0.4, -0.2) is 29.7 Å². The molecule has 0 saturated heterocycles. The van der Waals surface area contributed by atoms with Gasteiger partial charge in [0.25, 0.3) is 0 Å². The van der Waals surface area contributed by atoms with E-state index in [1.807, 2.05) is 0 Å². The van der Waals surface area contributed by atoms with E-state index >= 15 is 0 Å². The van der Waals surface area contributed by atoms with Gasteiger partial charge in [0.05, 0.1) is 6.10 Å². The monoisotopic (exact) mass is 307 g/mol. The predicted molar refractivity (Wildman–Crippen MR) is 81.9 cm³/mol. The minimum absolute atomic E-state index is 0.410. The van der Waals surface area contributed by atoms with Crippen molar-refractivity contribution in [2.75, 3.05) is 18.6 Å². The summed E-state index contributed by atoms with van der Waals surface area (Å²) in [6.45, 7) is 2.62. The molecule has 2 atom stereocenters. The molecule has 0 amide bonds. The normalized spacial score (nSPS) is 14.5. The largest absolute Gasteiger partial charge is 0.387 e. The van der Waals surface area contributed by atoms with Crippen LogP contribution in [-0.2, 0) is 0 Å². The number of hydrogen-bond acceptors (Lipinski definition) is 3. The molecular formula is C13H19Cl2NOS. The smallest absolute Gasteiger partial charge is 0.0929 e. The molecule has 1 rings (SSSR count). The van der Waals surface area contributed by atoms with Gasteiger partial charge >= 0.3 is 0 Å². The predicted octanol–water partition coefficient (Wildman–Crippen LogP) is 3.76. The van der Waals surface area contributed by atoms with E-state index in [9.17, 15) is 5.11 Å². The quantitative estimate of drug-likeness (QED) is 0.804. The van der Waals surface area contributed by atoms with Crippen LogP contribution >= 0.6 is 35.0 Å². The van der Waals surface area contributed by atoms with Gasteiger partial charge in [0, 0.05) is 33.9 Å². The Balaban J connectivity index is 2.59. The van der Waals surface area contributed by atoms with Crippen LogP contribution in [0.1, 0.15) is 25.0 Å². The zero-order chi connectivity index (χ0) is 13.5. The first kappa shape index (κ1) is 16.1. The molecular weight excluding hydrogens is 289 g/mol. The van der Waals surface area contributed by atoms with Gasteiger partial charge in [-0.25, -0.2) is 0 Å². The molecule has 0 heterocycles. The van der Waals surface area contributed by atoms with E-state index in [-0.39, 0.29) is 0 Å². The second-order valence-corrected chi connectivity index (χ2v) is 5.90. The second-order valence-electron chi connectivity index (χ2n) is 4.15. The molecule has 0 saturated carbocycles. The molecule has 0 aliphatic rings. The van der Waals surface area contributed by atoms with E-state index < -0.39 is 6.10 Å². The third-order valence-corrected chi connectivity index (χ3v) is 4.09. The Bertz CT molecular complexity index is 376. The fourth-order valence-electron chi connectivity index (χ4n) is 1.68. The highest BCUT2D eigenvalue weighted by molar-refractivity contribution is 7.98. The van der Waals surface area contributed by atoms with Crippen LogP contribution in [0.2, 0.25) is 10.0 Å². The van der Waals surface area contributed by atoms with Gasteiger partial charge in [0.15, 0.2) is 0 Å². The Morgan fingerprint density at radius 3 is 2.72 bits per heavy atom. The lowest BCUT2D eigenvalue weighted by molar-refractivity contribution is 0.170. The molecule has 0 aliphatic carbocycles. The summed E-state index contributed by atoms with van der Waals surface area (Å²) >= 11 is 13.8. The van der Waals surface area contributed by atoms with Crippen LogP contribution in [0.15, 0.2) is 18.2 Å².